The molecule has 0 spiro atoms. The van der Waals surface area contributed by atoms with Crippen molar-refractivity contribution in [1.82, 2.24) is 9.80 Å². The van der Waals surface area contributed by atoms with Crippen LogP contribution in [0.4, 0.5) is 0 Å². The molecule has 5 aliphatic rings. The van der Waals surface area contributed by atoms with E-state index in [1.807, 2.05) is 0 Å². The summed E-state index contributed by atoms with van der Waals surface area (Å²) in [6.45, 7) is 20.6. The van der Waals surface area contributed by atoms with Crippen molar-refractivity contribution in [3.05, 3.63) is 0 Å². The van der Waals surface area contributed by atoms with Crippen LogP contribution in [-0.4, -0.2) is 109 Å². The number of nitrogens with zero attached hydrogens (tertiary/aromatic N) is 4. The zero-order valence-electron chi connectivity index (χ0n) is 19.8. The first-order valence-corrected chi connectivity index (χ1v) is 12.4. The number of quaternary nitrogens is 2. The van der Waals surface area contributed by atoms with Gasteiger partial charge in [0.25, 0.3) is 11.8 Å². The van der Waals surface area contributed by atoms with E-state index in [0.717, 1.165) is 74.4 Å². The SMILES string of the molecule is C[C@@H]1C[C@@H](C)CN(C(=O)C[N+]23CC[N+](CC(=O)N4C[C@H](C)C[C@H](C)C4)(CC2)CC3)C1. The van der Waals surface area contributed by atoms with E-state index in [9.17, 15) is 9.59 Å². The van der Waals surface area contributed by atoms with Crippen LogP contribution in [0.3, 0.4) is 0 Å². The number of hydrogen-bond acceptors (Lipinski definition) is 2. The van der Waals surface area contributed by atoms with Crippen molar-refractivity contribution in [3.8, 4) is 0 Å². The molecule has 30 heavy (non-hydrogen) atoms. The molecular formula is C24H44N4O2+2. The van der Waals surface area contributed by atoms with Crippen LogP contribution in [0.15, 0.2) is 0 Å². The zero-order valence-corrected chi connectivity index (χ0v) is 19.8. The average molecular weight is 421 g/mol. The third-order valence-corrected chi connectivity index (χ3v) is 8.53. The second kappa shape index (κ2) is 8.42. The minimum atomic E-state index is 0.364. The zero-order chi connectivity index (χ0) is 21.5. The quantitative estimate of drug-likeness (QED) is 0.649. The Kier molecular flexibility index (Phi) is 6.19. The minimum Gasteiger partial charge on any atom is -0.337 e. The topological polar surface area (TPSA) is 40.6 Å². The summed E-state index contributed by atoms with van der Waals surface area (Å²) in [5.74, 6) is 3.21. The Hall–Kier alpha value is -1.14. The van der Waals surface area contributed by atoms with E-state index in [-0.39, 0.29) is 0 Å². The number of likely N-dealkylation sites (tertiary alicyclic amines) is 2. The molecule has 0 aromatic rings. The van der Waals surface area contributed by atoms with Crippen LogP contribution in [0.5, 0.6) is 0 Å². The molecule has 170 valence electrons. The lowest BCUT2D eigenvalue weighted by atomic mass is 9.91. The van der Waals surface area contributed by atoms with Gasteiger partial charge in [-0.1, -0.05) is 27.7 Å². The number of amides is 2. The number of carbonyl (C=O) groups excluding carboxylic acids is 2. The Morgan fingerprint density at radius 2 is 0.867 bits per heavy atom. The minimum absolute atomic E-state index is 0.364. The molecule has 4 atom stereocenters. The molecule has 0 aromatic heterocycles. The van der Waals surface area contributed by atoms with E-state index in [0.29, 0.717) is 48.6 Å². The summed E-state index contributed by atoms with van der Waals surface area (Å²) in [7, 11) is 0. The first-order chi connectivity index (χ1) is 14.2. The fourth-order valence-electron chi connectivity index (χ4n) is 6.92. The van der Waals surface area contributed by atoms with E-state index in [2.05, 4.69) is 37.5 Å². The summed E-state index contributed by atoms with van der Waals surface area (Å²) in [6.07, 6.45) is 2.48. The molecular weight excluding hydrogens is 376 g/mol. The third kappa shape index (κ3) is 4.69. The molecule has 5 aliphatic heterocycles. The van der Waals surface area contributed by atoms with Crippen LogP contribution >= 0.6 is 0 Å². The Morgan fingerprint density at radius 3 is 1.13 bits per heavy atom. The van der Waals surface area contributed by atoms with Crippen LogP contribution in [-0.2, 0) is 9.59 Å². The molecule has 5 rings (SSSR count). The van der Waals surface area contributed by atoms with E-state index in [1.54, 1.807) is 0 Å². The molecule has 2 amide bonds. The molecule has 0 saturated carbocycles. The second-order valence-corrected chi connectivity index (χ2v) is 11.8. The number of rotatable bonds is 4. The summed E-state index contributed by atoms with van der Waals surface area (Å²) < 4.78 is 1.92. The van der Waals surface area contributed by atoms with Crippen LogP contribution in [0.1, 0.15) is 40.5 Å². The van der Waals surface area contributed by atoms with Gasteiger partial charge in [-0.3, -0.25) is 9.59 Å². The van der Waals surface area contributed by atoms with Gasteiger partial charge in [-0.15, -0.1) is 0 Å². The molecule has 0 unspecified atom stereocenters. The van der Waals surface area contributed by atoms with E-state index >= 15 is 0 Å². The van der Waals surface area contributed by atoms with Crippen LogP contribution in [0, 0.1) is 23.7 Å². The van der Waals surface area contributed by atoms with E-state index < -0.39 is 0 Å². The van der Waals surface area contributed by atoms with Gasteiger partial charge < -0.3 is 18.8 Å². The summed E-state index contributed by atoms with van der Waals surface area (Å²) in [5, 5.41) is 0. The monoisotopic (exact) mass is 420 g/mol. The summed E-state index contributed by atoms with van der Waals surface area (Å²) in [5.41, 5.74) is 0. The maximum Gasteiger partial charge on any atom is 0.277 e. The third-order valence-electron chi connectivity index (χ3n) is 8.53. The van der Waals surface area contributed by atoms with Crippen LogP contribution < -0.4 is 0 Å². The summed E-state index contributed by atoms with van der Waals surface area (Å²) >= 11 is 0. The maximum atomic E-state index is 13.1. The first-order valence-electron chi connectivity index (χ1n) is 12.4. The van der Waals surface area contributed by atoms with Gasteiger partial charge in [-0.05, 0) is 36.5 Å². The standard InChI is InChI=1S/C24H44N4O2/c1-19-11-20(2)14-25(13-19)23(29)17-27-5-8-28(9-6-27,10-7-27)18-24(30)26-15-21(3)12-22(4)16-26/h19-22H,5-18H2,1-4H3/q+2/t19-,20-,21-,22+,27?,28?/m1/s1. The van der Waals surface area contributed by atoms with Gasteiger partial charge in [0.05, 0.1) is 0 Å². The van der Waals surface area contributed by atoms with Crippen LogP contribution in [0.2, 0.25) is 0 Å². The summed E-state index contributed by atoms with van der Waals surface area (Å²) in [6, 6.07) is 0. The Morgan fingerprint density at radius 1 is 0.600 bits per heavy atom. The summed E-state index contributed by atoms with van der Waals surface area (Å²) in [4.78, 5) is 30.5. The first kappa shape index (κ1) is 22.1. The highest BCUT2D eigenvalue weighted by Gasteiger charge is 2.51. The fraction of sp³-hybridized carbons (Fsp3) is 0.917. The number of carbonyl (C=O) groups is 2. The Labute approximate surface area is 183 Å². The van der Waals surface area contributed by atoms with Crippen molar-refractivity contribution >= 4 is 11.8 Å². The number of fused-ring (bicyclic) bond motifs is 3. The van der Waals surface area contributed by atoms with Crippen molar-refractivity contribution < 1.29 is 18.6 Å². The Bertz CT molecular complexity index is 565. The molecule has 5 fully saturated rings. The molecule has 5 saturated heterocycles. The molecule has 0 radical (unpaired) electrons. The van der Waals surface area contributed by atoms with Crippen molar-refractivity contribution in [2.45, 2.75) is 40.5 Å². The number of piperidine rings is 2. The molecule has 0 aromatic carbocycles. The molecule has 2 bridgehead atoms. The Balaban J connectivity index is 1.31. The smallest absolute Gasteiger partial charge is 0.277 e. The number of hydrogen-bond donors (Lipinski definition) is 0. The highest BCUT2D eigenvalue weighted by Crippen LogP contribution is 2.29. The van der Waals surface area contributed by atoms with Gasteiger partial charge in [0.1, 0.15) is 39.3 Å². The van der Waals surface area contributed by atoms with Gasteiger partial charge in [0, 0.05) is 26.2 Å². The van der Waals surface area contributed by atoms with Gasteiger partial charge in [-0.25, -0.2) is 0 Å². The lowest BCUT2D eigenvalue weighted by Crippen LogP contribution is -2.77. The van der Waals surface area contributed by atoms with Crippen molar-refractivity contribution in [2.75, 3.05) is 78.5 Å². The van der Waals surface area contributed by atoms with E-state index in [4.69, 9.17) is 0 Å². The highest BCUT2D eigenvalue weighted by molar-refractivity contribution is 5.78. The number of piperazine rings is 3. The van der Waals surface area contributed by atoms with E-state index in [1.165, 1.54) is 12.8 Å². The molecule has 0 N–H and O–H groups in total. The highest BCUT2D eigenvalue weighted by atomic mass is 16.2. The molecule has 6 heteroatoms. The molecule has 0 aliphatic carbocycles. The largest absolute Gasteiger partial charge is 0.337 e. The fourth-order valence-corrected chi connectivity index (χ4v) is 6.92. The predicted molar refractivity (Wildman–Crippen MR) is 119 cm³/mol. The van der Waals surface area contributed by atoms with Gasteiger partial charge in [0.15, 0.2) is 13.1 Å². The lowest BCUT2D eigenvalue weighted by Gasteiger charge is -2.55. The molecule has 5 heterocycles. The predicted octanol–water partition coefficient (Wildman–Crippen LogP) is 1.66. The van der Waals surface area contributed by atoms with Gasteiger partial charge in [-0.2, -0.15) is 0 Å². The maximum absolute atomic E-state index is 13.1. The van der Waals surface area contributed by atoms with Crippen molar-refractivity contribution in [3.63, 3.8) is 0 Å². The average Bonchev–Trinajstić information content (AvgIpc) is 2.68. The lowest BCUT2D eigenvalue weighted by molar-refractivity contribution is -1.07. The van der Waals surface area contributed by atoms with Crippen molar-refractivity contribution in [2.24, 2.45) is 23.7 Å². The van der Waals surface area contributed by atoms with Gasteiger partial charge in [0.2, 0.25) is 0 Å². The normalized spacial score (nSPS) is 41.7. The van der Waals surface area contributed by atoms with Crippen LogP contribution in [0.25, 0.3) is 0 Å². The van der Waals surface area contributed by atoms with Crippen molar-refractivity contribution in [1.29, 1.82) is 0 Å². The molecule has 6 nitrogen and oxygen atoms in total. The second-order valence-electron chi connectivity index (χ2n) is 11.8. The van der Waals surface area contributed by atoms with Gasteiger partial charge >= 0.3 is 0 Å².